The Morgan fingerprint density at radius 3 is 2.78 bits per heavy atom. The standard InChI is InChI=1S/C17H17BN4O/c1-9-5-10(2)22-17(23)14(9)8-21-16-13-6-11(18)7-15(19)12(13)3-4-20-16/h3-7H,8,19H2,1-2H3,(H,20,21)(H,22,23). The van der Waals surface area contributed by atoms with Crippen molar-refractivity contribution in [2.24, 2.45) is 0 Å². The van der Waals surface area contributed by atoms with Gasteiger partial charge in [-0.2, -0.15) is 0 Å². The van der Waals surface area contributed by atoms with Crippen LogP contribution in [-0.4, -0.2) is 17.8 Å². The third kappa shape index (κ3) is 2.92. The normalized spacial score (nSPS) is 10.9. The number of pyridine rings is 2. The number of rotatable bonds is 3. The summed E-state index contributed by atoms with van der Waals surface area (Å²) < 4.78 is 0. The molecule has 0 aliphatic carbocycles. The molecule has 5 nitrogen and oxygen atoms in total. The van der Waals surface area contributed by atoms with Crippen molar-refractivity contribution in [2.75, 3.05) is 11.1 Å². The number of anilines is 2. The number of nitrogens with two attached hydrogens (primary N) is 1. The summed E-state index contributed by atoms with van der Waals surface area (Å²) in [6.07, 6.45) is 1.68. The first-order valence-corrected chi connectivity index (χ1v) is 7.32. The van der Waals surface area contributed by atoms with Crippen LogP contribution in [0.3, 0.4) is 0 Å². The molecule has 6 heteroatoms. The summed E-state index contributed by atoms with van der Waals surface area (Å²) in [5.41, 5.74) is 9.58. The Hall–Kier alpha value is -2.76. The Balaban J connectivity index is 1.99. The quantitative estimate of drug-likeness (QED) is 0.506. The van der Waals surface area contributed by atoms with Gasteiger partial charge in [-0.25, -0.2) is 4.98 Å². The van der Waals surface area contributed by atoms with Crippen LogP contribution >= 0.6 is 0 Å². The van der Waals surface area contributed by atoms with Gasteiger partial charge in [-0.1, -0.05) is 11.5 Å². The summed E-state index contributed by atoms with van der Waals surface area (Å²) in [5.74, 6) is 0.654. The highest BCUT2D eigenvalue weighted by Crippen LogP contribution is 2.25. The molecule has 0 saturated carbocycles. The summed E-state index contributed by atoms with van der Waals surface area (Å²) >= 11 is 0. The van der Waals surface area contributed by atoms with E-state index >= 15 is 0 Å². The zero-order chi connectivity index (χ0) is 16.6. The van der Waals surface area contributed by atoms with Crippen LogP contribution in [0.2, 0.25) is 0 Å². The Labute approximate surface area is 135 Å². The van der Waals surface area contributed by atoms with Crippen LogP contribution in [0.15, 0.2) is 35.3 Å². The Morgan fingerprint density at radius 2 is 2.04 bits per heavy atom. The topological polar surface area (TPSA) is 83.8 Å². The van der Waals surface area contributed by atoms with E-state index in [1.165, 1.54) is 0 Å². The summed E-state index contributed by atoms with van der Waals surface area (Å²) in [6.45, 7) is 4.16. The van der Waals surface area contributed by atoms with E-state index < -0.39 is 0 Å². The number of H-pyrrole nitrogens is 1. The molecule has 114 valence electrons. The molecule has 3 rings (SSSR count). The molecule has 3 aromatic rings. The minimum Gasteiger partial charge on any atom is -0.398 e. The van der Waals surface area contributed by atoms with Crippen molar-refractivity contribution in [1.29, 1.82) is 0 Å². The second kappa shape index (κ2) is 5.80. The molecule has 0 aliphatic rings. The van der Waals surface area contributed by atoms with Crippen LogP contribution in [0.25, 0.3) is 10.8 Å². The van der Waals surface area contributed by atoms with Crippen molar-refractivity contribution in [1.82, 2.24) is 9.97 Å². The Morgan fingerprint density at radius 1 is 1.26 bits per heavy atom. The van der Waals surface area contributed by atoms with Crippen LogP contribution in [0.4, 0.5) is 11.5 Å². The van der Waals surface area contributed by atoms with Gasteiger partial charge in [0.15, 0.2) is 0 Å². The lowest BCUT2D eigenvalue weighted by Crippen LogP contribution is -2.19. The molecule has 0 saturated heterocycles. The number of aryl methyl sites for hydroxylation is 2. The second-order valence-corrected chi connectivity index (χ2v) is 5.66. The van der Waals surface area contributed by atoms with Gasteiger partial charge in [-0.3, -0.25) is 4.79 Å². The minimum atomic E-state index is -0.0886. The molecule has 1 aromatic carbocycles. The summed E-state index contributed by atoms with van der Waals surface area (Å²) in [6, 6.07) is 7.35. The van der Waals surface area contributed by atoms with E-state index in [2.05, 4.69) is 15.3 Å². The fourth-order valence-electron chi connectivity index (χ4n) is 2.75. The Kier molecular flexibility index (Phi) is 3.82. The van der Waals surface area contributed by atoms with E-state index in [0.717, 1.165) is 22.0 Å². The molecular formula is C17H17BN4O. The molecule has 0 aliphatic heterocycles. The second-order valence-electron chi connectivity index (χ2n) is 5.66. The van der Waals surface area contributed by atoms with Gasteiger partial charge >= 0.3 is 0 Å². The van der Waals surface area contributed by atoms with E-state index in [1.54, 1.807) is 12.3 Å². The van der Waals surface area contributed by atoms with Gasteiger partial charge in [0.1, 0.15) is 13.7 Å². The lowest BCUT2D eigenvalue weighted by Gasteiger charge is -2.12. The zero-order valence-corrected chi connectivity index (χ0v) is 13.1. The molecule has 23 heavy (non-hydrogen) atoms. The van der Waals surface area contributed by atoms with Crippen LogP contribution in [0.1, 0.15) is 16.8 Å². The number of nitrogens with one attached hydrogen (secondary N) is 2. The number of aromatic nitrogens is 2. The number of nitrogens with zero attached hydrogens (tertiary/aromatic N) is 1. The van der Waals surface area contributed by atoms with E-state index in [4.69, 9.17) is 13.6 Å². The number of benzene rings is 1. The van der Waals surface area contributed by atoms with Crippen LogP contribution < -0.4 is 22.1 Å². The third-order valence-corrected chi connectivity index (χ3v) is 3.86. The molecular weight excluding hydrogens is 287 g/mol. The molecule has 0 spiro atoms. The van der Waals surface area contributed by atoms with E-state index in [-0.39, 0.29) is 5.56 Å². The number of fused-ring (bicyclic) bond motifs is 1. The lowest BCUT2D eigenvalue weighted by molar-refractivity contribution is 1.01. The largest absolute Gasteiger partial charge is 0.398 e. The molecule has 2 aromatic heterocycles. The SMILES string of the molecule is [B]c1cc(N)c2ccnc(NCc3c(C)cc(C)[nH]c3=O)c2c1. The minimum absolute atomic E-state index is 0.0886. The summed E-state index contributed by atoms with van der Waals surface area (Å²) in [4.78, 5) is 19.3. The Bertz CT molecular complexity index is 949. The van der Waals surface area contributed by atoms with Gasteiger partial charge in [0.2, 0.25) is 0 Å². The predicted molar refractivity (Wildman–Crippen MR) is 95.4 cm³/mol. The highest BCUT2D eigenvalue weighted by molar-refractivity contribution is 6.34. The fraction of sp³-hybridized carbons (Fsp3) is 0.176. The summed E-state index contributed by atoms with van der Waals surface area (Å²) in [7, 11) is 5.88. The first-order valence-electron chi connectivity index (χ1n) is 7.32. The van der Waals surface area contributed by atoms with Crippen molar-refractivity contribution >= 4 is 35.6 Å². The van der Waals surface area contributed by atoms with E-state index in [1.807, 2.05) is 32.0 Å². The molecule has 2 heterocycles. The number of hydrogen-bond donors (Lipinski definition) is 3. The van der Waals surface area contributed by atoms with Gasteiger partial charge in [0.25, 0.3) is 5.56 Å². The molecule has 0 amide bonds. The lowest BCUT2D eigenvalue weighted by atomic mass is 9.92. The third-order valence-electron chi connectivity index (χ3n) is 3.86. The first-order chi connectivity index (χ1) is 11.0. The van der Waals surface area contributed by atoms with Crippen LogP contribution in [-0.2, 0) is 6.54 Å². The number of aromatic amines is 1. The maximum Gasteiger partial charge on any atom is 0.253 e. The van der Waals surface area contributed by atoms with Gasteiger partial charge in [0, 0.05) is 40.5 Å². The predicted octanol–water partition coefficient (Wildman–Crippen LogP) is 1.53. The molecule has 4 N–H and O–H groups in total. The van der Waals surface area contributed by atoms with Gasteiger partial charge < -0.3 is 16.0 Å². The average Bonchev–Trinajstić information content (AvgIpc) is 2.46. The summed E-state index contributed by atoms with van der Waals surface area (Å²) in [5, 5.41) is 4.94. The smallest absolute Gasteiger partial charge is 0.253 e. The highest BCUT2D eigenvalue weighted by atomic mass is 16.1. The van der Waals surface area contributed by atoms with E-state index in [0.29, 0.717) is 29.1 Å². The number of nitrogen functional groups attached to an aromatic ring is 1. The van der Waals surface area contributed by atoms with E-state index in [9.17, 15) is 4.79 Å². The molecule has 0 fully saturated rings. The van der Waals surface area contributed by atoms with Crippen molar-refractivity contribution in [3.8, 4) is 0 Å². The van der Waals surface area contributed by atoms with Crippen LogP contribution in [0, 0.1) is 13.8 Å². The van der Waals surface area contributed by atoms with Crippen molar-refractivity contribution in [3.63, 3.8) is 0 Å². The van der Waals surface area contributed by atoms with Gasteiger partial charge in [-0.05, 0) is 37.6 Å². The zero-order valence-electron chi connectivity index (χ0n) is 13.1. The monoisotopic (exact) mass is 304 g/mol. The molecule has 0 bridgehead atoms. The van der Waals surface area contributed by atoms with Gasteiger partial charge in [0.05, 0.1) is 0 Å². The van der Waals surface area contributed by atoms with Crippen molar-refractivity contribution in [3.05, 3.63) is 57.6 Å². The number of hydrogen-bond acceptors (Lipinski definition) is 4. The maximum absolute atomic E-state index is 12.1. The van der Waals surface area contributed by atoms with Crippen LogP contribution in [0.5, 0.6) is 0 Å². The van der Waals surface area contributed by atoms with Crippen molar-refractivity contribution < 1.29 is 0 Å². The fourth-order valence-corrected chi connectivity index (χ4v) is 2.75. The van der Waals surface area contributed by atoms with Gasteiger partial charge in [-0.15, -0.1) is 0 Å². The van der Waals surface area contributed by atoms with Crippen molar-refractivity contribution in [2.45, 2.75) is 20.4 Å². The molecule has 2 radical (unpaired) electrons. The molecule has 0 atom stereocenters. The molecule has 0 unspecified atom stereocenters. The maximum atomic E-state index is 12.1. The highest BCUT2D eigenvalue weighted by Gasteiger charge is 2.09. The average molecular weight is 304 g/mol. The first kappa shape index (κ1) is 15.2.